The zero-order chi connectivity index (χ0) is 24.4. The maximum Gasteiger partial charge on any atom is 0.329 e. The summed E-state index contributed by atoms with van der Waals surface area (Å²) in [5.41, 5.74) is 1.29. The van der Waals surface area contributed by atoms with Crippen LogP contribution in [-0.4, -0.2) is 58.6 Å². The Morgan fingerprint density at radius 1 is 0.765 bits per heavy atom. The lowest BCUT2D eigenvalue weighted by Gasteiger charge is -2.25. The third-order valence-electron chi connectivity index (χ3n) is 5.96. The Morgan fingerprint density at radius 3 is 1.71 bits per heavy atom. The summed E-state index contributed by atoms with van der Waals surface area (Å²) in [5.74, 6) is -2.26. The van der Waals surface area contributed by atoms with Gasteiger partial charge in [0.05, 0.1) is 28.9 Å². The fourth-order valence-corrected chi connectivity index (χ4v) is 4.24. The first-order valence-electron chi connectivity index (χ1n) is 11.4. The van der Waals surface area contributed by atoms with E-state index in [2.05, 4.69) is 0 Å². The zero-order valence-corrected chi connectivity index (χ0v) is 19.2. The Balaban J connectivity index is 1.43. The van der Waals surface area contributed by atoms with Crippen LogP contribution in [-0.2, 0) is 9.53 Å². The molecule has 1 atom stereocenters. The molecule has 2 aliphatic heterocycles. The summed E-state index contributed by atoms with van der Waals surface area (Å²) >= 11 is 0. The Bertz CT molecular complexity index is 1100. The molecule has 0 saturated carbocycles. The lowest BCUT2D eigenvalue weighted by atomic mass is 10.1. The van der Waals surface area contributed by atoms with Crippen LogP contribution in [0.3, 0.4) is 0 Å². The van der Waals surface area contributed by atoms with E-state index in [1.54, 1.807) is 48.5 Å². The molecule has 0 unspecified atom stereocenters. The number of carbonyl (C=O) groups excluding carboxylic acids is 5. The van der Waals surface area contributed by atoms with E-state index in [0.717, 1.165) is 4.90 Å². The summed E-state index contributed by atoms with van der Waals surface area (Å²) in [4.78, 5) is 66.1. The summed E-state index contributed by atoms with van der Waals surface area (Å²) in [6.45, 7) is 4.15. The highest BCUT2D eigenvalue weighted by atomic mass is 16.5. The second-order valence-corrected chi connectivity index (χ2v) is 8.87. The largest absolute Gasteiger partial charge is 0.464 e. The number of benzene rings is 2. The van der Waals surface area contributed by atoms with Gasteiger partial charge in [-0.25, -0.2) is 4.79 Å². The van der Waals surface area contributed by atoms with Gasteiger partial charge in [0.2, 0.25) is 0 Å². The molecule has 0 spiro atoms. The fourth-order valence-electron chi connectivity index (χ4n) is 4.24. The van der Waals surface area contributed by atoms with Gasteiger partial charge in [0.15, 0.2) is 0 Å². The average Bonchev–Trinajstić information content (AvgIpc) is 3.23. The van der Waals surface area contributed by atoms with Crippen LogP contribution in [0.25, 0.3) is 0 Å². The van der Waals surface area contributed by atoms with Crippen molar-refractivity contribution in [1.29, 1.82) is 0 Å². The van der Waals surface area contributed by atoms with Crippen molar-refractivity contribution in [2.24, 2.45) is 5.92 Å². The molecule has 176 valence electrons. The smallest absolute Gasteiger partial charge is 0.329 e. The van der Waals surface area contributed by atoms with Crippen molar-refractivity contribution in [2.75, 3.05) is 13.2 Å². The van der Waals surface area contributed by atoms with Gasteiger partial charge in [-0.2, -0.15) is 0 Å². The van der Waals surface area contributed by atoms with Gasteiger partial charge in [-0.3, -0.25) is 29.0 Å². The van der Waals surface area contributed by atoms with Gasteiger partial charge in [-0.15, -0.1) is 0 Å². The number of imide groups is 2. The number of hydrogen-bond donors (Lipinski definition) is 0. The molecular weight excluding hydrogens is 436 g/mol. The maximum atomic E-state index is 12.9. The molecule has 34 heavy (non-hydrogen) atoms. The first-order chi connectivity index (χ1) is 16.3. The molecule has 0 saturated heterocycles. The highest BCUT2D eigenvalue weighted by Gasteiger charge is 2.43. The van der Waals surface area contributed by atoms with Crippen LogP contribution < -0.4 is 0 Å². The van der Waals surface area contributed by atoms with Gasteiger partial charge in [0, 0.05) is 6.54 Å². The van der Waals surface area contributed by atoms with Gasteiger partial charge in [-0.05, 0) is 49.4 Å². The van der Waals surface area contributed by atoms with E-state index in [1.807, 2.05) is 13.8 Å². The molecule has 2 aromatic rings. The lowest BCUT2D eigenvalue weighted by Crippen LogP contribution is -2.46. The first kappa shape index (κ1) is 23.4. The van der Waals surface area contributed by atoms with E-state index in [0.29, 0.717) is 24.0 Å². The molecule has 2 aromatic carbocycles. The number of ether oxygens (including phenoxy) is 1. The van der Waals surface area contributed by atoms with Crippen molar-refractivity contribution >= 4 is 29.6 Å². The Kier molecular flexibility index (Phi) is 6.58. The van der Waals surface area contributed by atoms with Crippen LogP contribution in [0, 0.1) is 5.92 Å². The van der Waals surface area contributed by atoms with Crippen molar-refractivity contribution in [3.05, 3.63) is 70.8 Å². The molecule has 0 aromatic heterocycles. The van der Waals surface area contributed by atoms with Crippen LogP contribution in [0.15, 0.2) is 48.5 Å². The lowest BCUT2D eigenvalue weighted by molar-refractivity contribution is -0.149. The minimum absolute atomic E-state index is 0.0978. The predicted octanol–water partition coefficient (Wildman–Crippen LogP) is 3.32. The van der Waals surface area contributed by atoms with Crippen LogP contribution in [0.1, 0.15) is 74.5 Å². The maximum absolute atomic E-state index is 12.9. The summed E-state index contributed by atoms with van der Waals surface area (Å²) in [5, 5.41) is 0. The number of unbranched alkanes of at least 4 members (excludes halogenated alkanes) is 1. The van der Waals surface area contributed by atoms with Gasteiger partial charge >= 0.3 is 5.97 Å². The number of amides is 4. The first-order valence-corrected chi connectivity index (χ1v) is 11.4. The Hall–Kier alpha value is -3.81. The molecule has 0 fully saturated rings. The number of fused-ring (bicyclic) bond motifs is 2. The van der Waals surface area contributed by atoms with E-state index in [9.17, 15) is 24.0 Å². The molecule has 0 bridgehead atoms. The van der Waals surface area contributed by atoms with Crippen LogP contribution in [0.4, 0.5) is 0 Å². The van der Waals surface area contributed by atoms with Crippen molar-refractivity contribution in [1.82, 2.24) is 9.80 Å². The van der Waals surface area contributed by atoms with Crippen molar-refractivity contribution in [2.45, 2.75) is 39.2 Å². The minimum Gasteiger partial charge on any atom is -0.464 e. The molecule has 2 heterocycles. The molecular formula is C26H26N2O6. The standard InChI is InChI=1S/C26H26N2O6/c1-16(2)15-34-26(33)21(28-24(31)19-11-5-6-12-20(19)25(28)32)13-7-8-14-27-22(29)17-9-3-4-10-18(17)23(27)30/h3-6,9-12,16,21H,7-8,13-15H2,1-2H3/t21-/m0/s1. The highest BCUT2D eigenvalue weighted by molar-refractivity contribution is 6.23. The number of rotatable bonds is 9. The third kappa shape index (κ3) is 4.23. The fraction of sp³-hybridized carbons (Fsp3) is 0.346. The molecule has 0 aliphatic carbocycles. The monoisotopic (exact) mass is 462 g/mol. The van der Waals surface area contributed by atoms with Crippen molar-refractivity contribution < 1.29 is 28.7 Å². The summed E-state index contributed by atoms with van der Waals surface area (Å²) < 4.78 is 5.38. The number of carbonyl (C=O) groups is 5. The Labute approximate surface area is 197 Å². The second-order valence-electron chi connectivity index (χ2n) is 8.87. The van der Waals surface area contributed by atoms with Crippen LogP contribution >= 0.6 is 0 Å². The van der Waals surface area contributed by atoms with E-state index in [1.165, 1.54) is 4.90 Å². The second kappa shape index (κ2) is 9.59. The van der Waals surface area contributed by atoms with E-state index >= 15 is 0 Å². The summed E-state index contributed by atoms with van der Waals surface area (Å²) in [6.07, 6.45) is 0.996. The average molecular weight is 463 g/mol. The van der Waals surface area contributed by atoms with Gasteiger partial charge in [0.1, 0.15) is 6.04 Å². The molecule has 2 aliphatic rings. The van der Waals surface area contributed by atoms with Crippen LogP contribution in [0.2, 0.25) is 0 Å². The normalized spacial score (nSPS) is 15.7. The summed E-state index contributed by atoms with van der Waals surface area (Å²) in [6, 6.07) is 12.1. The molecule has 0 radical (unpaired) electrons. The molecule has 4 rings (SSSR count). The van der Waals surface area contributed by atoms with Gasteiger partial charge < -0.3 is 4.74 Å². The number of hydrogen-bond acceptors (Lipinski definition) is 6. The van der Waals surface area contributed by atoms with E-state index in [-0.39, 0.29) is 48.4 Å². The topological polar surface area (TPSA) is 101 Å². The van der Waals surface area contributed by atoms with Crippen molar-refractivity contribution in [3.63, 3.8) is 0 Å². The SMILES string of the molecule is CC(C)COC(=O)[C@H](CCCCN1C(=O)c2ccccc2C1=O)N1C(=O)c2ccccc2C1=O. The number of nitrogens with zero attached hydrogens (tertiary/aromatic N) is 2. The van der Waals surface area contributed by atoms with Crippen LogP contribution in [0.5, 0.6) is 0 Å². The van der Waals surface area contributed by atoms with E-state index in [4.69, 9.17) is 4.74 Å². The quantitative estimate of drug-likeness (QED) is 0.322. The summed E-state index contributed by atoms with van der Waals surface area (Å²) in [7, 11) is 0. The minimum atomic E-state index is -1.08. The predicted molar refractivity (Wildman–Crippen MR) is 122 cm³/mol. The zero-order valence-electron chi connectivity index (χ0n) is 19.2. The number of esters is 1. The van der Waals surface area contributed by atoms with Gasteiger partial charge in [0.25, 0.3) is 23.6 Å². The van der Waals surface area contributed by atoms with Crippen molar-refractivity contribution in [3.8, 4) is 0 Å². The molecule has 4 amide bonds. The Morgan fingerprint density at radius 2 is 1.24 bits per heavy atom. The van der Waals surface area contributed by atoms with Gasteiger partial charge in [-0.1, -0.05) is 38.1 Å². The third-order valence-corrected chi connectivity index (χ3v) is 5.96. The van der Waals surface area contributed by atoms with E-state index < -0.39 is 23.8 Å². The highest BCUT2D eigenvalue weighted by Crippen LogP contribution is 2.28. The molecule has 8 heteroatoms. The molecule has 0 N–H and O–H groups in total. The molecule has 8 nitrogen and oxygen atoms in total.